The third-order valence-corrected chi connectivity index (χ3v) is 5.30. The molecule has 9 heteroatoms. The van der Waals surface area contributed by atoms with Crippen LogP contribution in [0.1, 0.15) is 10.4 Å². The van der Waals surface area contributed by atoms with Gasteiger partial charge in [-0.3, -0.25) is 10.1 Å². The van der Waals surface area contributed by atoms with Crippen molar-refractivity contribution in [1.82, 2.24) is 4.98 Å². The summed E-state index contributed by atoms with van der Waals surface area (Å²) in [7, 11) is 3.16. The molecule has 2 aromatic carbocycles. The smallest absolute Gasteiger partial charge is 0.257 e. The van der Waals surface area contributed by atoms with Crippen LogP contribution in [-0.4, -0.2) is 38.3 Å². The fourth-order valence-electron chi connectivity index (χ4n) is 2.87. The van der Waals surface area contributed by atoms with Crippen molar-refractivity contribution in [3.8, 4) is 34.3 Å². The molecule has 1 aliphatic heterocycles. The molecule has 150 valence electrons. The number of carbonyl (C=O) groups excluding carboxylic acids is 1. The number of ether oxygens (including phenoxy) is 4. The van der Waals surface area contributed by atoms with E-state index in [4.69, 9.17) is 30.5 Å². The Morgan fingerprint density at radius 3 is 2.72 bits per heavy atom. The van der Waals surface area contributed by atoms with Crippen molar-refractivity contribution >= 4 is 34.0 Å². The highest BCUT2D eigenvalue weighted by Crippen LogP contribution is 2.39. The quantitative estimate of drug-likeness (QED) is 0.639. The number of hydrogen-bond acceptors (Lipinski definition) is 7. The molecule has 0 aliphatic carbocycles. The Morgan fingerprint density at radius 1 is 1.14 bits per heavy atom. The fourth-order valence-corrected chi connectivity index (χ4v) is 3.85. The minimum atomic E-state index is -0.336. The lowest BCUT2D eigenvalue weighted by atomic mass is 10.1. The number of hydrogen-bond donors (Lipinski definition) is 1. The highest BCUT2D eigenvalue weighted by atomic mass is 35.5. The molecule has 1 aromatic heterocycles. The monoisotopic (exact) mass is 432 g/mol. The predicted octanol–water partition coefficient (Wildman–Crippen LogP) is 4.50. The molecule has 4 rings (SSSR count). The first-order valence-electron chi connectivity index (χ1n) is 8.67. The molecule has 1 amide bonds. The van der Waals surface area contributed by atoms with Crippen molar-refractivity contribution in [1.29, 1.82) is 0 Å². The van der Waals surface area contributed by atoms with Crippen LogP contribution in [0.5, 0.6) is 23.0 Å². The average molecular weight is 433 g/mol. The second-order valence-electron chi connectivity index (χ2n) is 6.04. The van der Waals surface area contributed by atoms with Gasteiger partial charge in [0.2, 0.25) is 0 Å². The molecular weight excluding hydrogens is 416 g/mol. The third-order valence-electron chi connectivity index (χ3n) is 4.26. The molecule has 0 atom stereocenters. The van der Waals surface area contributed by atoms with Crippen LogP contribution in [-0.2, 0) is 0 Å². The lowest BCUT2D eigenvalue weighted by Crippen LogP contribution is -2.17. The Labute approximate surface area is 176 Å². The first kappa shape index (κ1) is 19.4. The van der Waals surface area contributed by atoms with Crippen molar-refractivity contribution in [2.24, 2.45) is 0 Å². The maximum absolute atomic E-state index is 12.6. The number of methoxy groups -OCH3 is 2. The van der Waals surface area contributed by atoms with E-state index >= 15 is 0 Å². The van der Waals surface area contributed by atoms with Gasteiger partial charge in [0.25, 0.3) is 5.91 Å². The highest BCUT2D eigenvalue weighted by molar-refractivity contribution is 7.14. The summed E-state index contributed by atoms with van der Waals surface area (Å²) < 4.78 is 21.6. The van der Waals surface area contributed by atoms with Gasteiger partial charge in [0.1, 0.15) is 13.2 Å². The van der Waals surface area contributed by atoms with Crippen LogP contribution in [0.2, 0.25) is 5.02 Å². The number of nitrogens with one attached hydrogen (secondary N) is 1. The Kier molecular flexibility index (Phi) is 5.46. The van der Waals surface area contributed by atoms with E-state index in [9.17, 15) is 4.79 Å². The van der Waals surface area contributed by atoms with Gasteiger partial charge in [-0.2, -0.15) is 0 Å². The molecule has 0 spiro atoms. The van der Waals surface area contributed by atoms with Crippen LogP contribution >= 0.6 is 22.9 Å². The number of rotatable bonds is 5. The molecular formula is C20H17ClN2O5S. The molecule has 1 aliphatic rings. The zero-order valence-corrected chi connectivity index (χ0v) is 17.2. The largest absolute Gasteiger partial charge is 0.493 e. The zero-order valence-electron chi connectivity index (χ0n) is 15.7. The number of nitrogens with zero attached hydrogens (tertiary/aromatic N) is 1. The third kappa shape index (κ3) is 3.94. The summed E-state index contributed by atoms with van der Waals surface area (Å²) in [4.78, 5) is 17.1. The summed E-state index contributed by atoms with van der Waals surface area (Å²) in [6.07, 6.45) is 0. The van der Waals surface area contributed by atoms with E-state index in [1.54, 1.807) is 26.4 Å². The van der Waals surface area contributed by atoms with Gasteiger partial charge in [-0.05, 0) is 30.3 Å². The van der Waals surface area contributed by atoms with Crippen molar-refractivity contribution in [2.45, 2.75) is 0 Å². The minimum Gasteiger partial charge on any atom is -0.493 e. The number of aromatic nitrogens is 1. The highest BCUT2D eigenvalue weighted by Gasteiger charge is 2.20. The summed E-state index contributed by atoms with van der Waals surface area (Å²) in [5.41, 5.74) is 1.93. The zero-order chi connectivity index (χ0) is 20.4. The summed E-state index contributed by atoms with van der Waals surface area (Å²) in [6.45, 7) is 0.839. The van der Waals surface area contributed by atoms with Gasteiger partial charge in [0, 0.05) is 16.5 Å². The fraction of sp³-hybridized carbons (Fsp3) is 0.200. The van der Waals surface area contributed by atoms with Gasteiger partial charge in [-0.25, -0.2) is 4.98 Å². The molecule has 3 aromatic rings. The molecule has 0 fully saturated rings. The Balaban J connectivity index is 1.54. The van der Waals surface area contributed by atoms with E-state index in [2.05, 4.69) is 10.3 Å². The maximum atomic E-state index is 12.6. The first-order chi connectivity index (χ1) is 14.1. The van der Waals surface area contributed by atoms with E-state index < -0.39 is 0 Å². The molecule has 2 heterocycles. The van der Waals surface area contributed by atoms with Gasteiger partial charge >= 0.3 is 0 Å². The van der Waals surface area contributed by atoms with Crippen LogP contribution in [0.25, 0.3) is 11.3 Å². The minimum absolute atomic E-state index is 0.331. The number of amides is 1. The lowest BCUT2D eigenvalue weighted by molar-refractivity contribution is 0.102. The van der Waals surface area contributed by atoms with E-state index in [1.165, 1.54) is 11.3 Å². The summed E-state index contributed by atoms with van der Waals surface area (Å²) in [5.74, 6) is 1.82. The number of anilines is 1. The number of fused-ring (bicyclic) bond motifs is 1. The van der Waals surface area contributed by atoms with Gasteiger partial charge in [-0.15, -0.1) is 11.3 Å². The van der Waals surface area contributed by atoms with E-state index in [-0.39, 0.29) is 5.91 Å². The number of halogens is 1. The van der Waals surface area contributed by atoms with Gasteiger partial charge in [0.05, 0.1) is 24.9 Å². The van der Waals surface area contributed by atoms with Gasteiger partial charge in [-0.1, -0.05) is 11.6 Å². The maximum Gasteiger partial charge on any atom is 0.257 e. The van der Waals surface area contributed by atoms with Crippen LogP contribution in [0.4, 0.5) is 5.13 Å². The summed E-state index contributed by atoms with van der Waals surface area (Å²) >= 11 is 7.53. The molecule has 7 nitrogen and oxygen atoms in total. The molecule has 0 radical (unpaired) electrons. The number of benzene rings is 2. The van der Waals surface area contributed by atoms with Crippen molar-refractivity contribution < 1.29 is 23.7 Å². The van der Waals surface area contributed by atoms with Crippen LogP contribution in [0.3, 0.4) is 0 Å². The van der Waals surface area contributed by atoms with Crippen molar-refractivity contribution in [3.05, 3.63) is 46.3 Å². The first-order valence-corrected chi connectivity index (χ1v) is 9.93. The standard InChI is InChI=1S/C20H17ClN2O5S/c1-25-15-4-3-11(8-16(15)26-2)14-10-29-20(22-14)23-19(24)12-7-13(21)18-17(9-12)27-5-6-28-18/h3-4,7-10H,5-6H2,1-2H3,(H,22,23,24). The van der Waals surface area contributed by atoms with Crippen molar-refractivity contribution in [2.75, 3.05) is 32.8 Å². The van der Waals surface area contributed by atoms with Gasteiger partial charge in [0.15, 0.2) is 28.1 Å². The normalized spacial score (nSPS) is 12.4. The molecule has 0 saturated carbocycles. The molecule has 29 heavy (non-hydrogen) atoms. The van der Waals surface area contributed by atoms with E-state index in [0.29, 0.717) is 57.6 Å². The van der Waals surface area contributed by atoms with E-state index in [0.717, 1.165) is 5.56 Å². The van der Waals surface area contributed by atoms with Crippen molar-refractivity contribution in [3.63, 3.8) is 0 Å². The van der Waals surface area contributed by atoms with E-state index in [1.807, 2.05) is 23.6 Å². The molecule has 1 N–H and O–H groups in total. The Bertz CT molecular complexity index is 1070. The van der Waals surface area contributed by atoms with Crippen LogP contribution < -0.4 is 24.3 Å². The topological polar surface area (TPSA) is 78.9 Å². The summed E-state index contributed by atoms with van der Waals surface area (Å²) in [5, 5.41) is 5.44. The SMILES string of the molecule is COc1ccc(-c2csc(NC(=O)c3cc(Cl)c4c(c3)OCCO4)n2)cc1OC. The average Bonchev–Trinajstić information content (AvgIpc) is 3.21. The molecule has 0 unspecified atom stereocenters. The predicted molar refractivity (Wildman–Crippen MR) is 111 cm³/mol. The van der Waals surface area contributed by atoms with Gasteiger partial charge < -0.3 is 18.9 Å². The molecule has 0 saturated heterocycles. The van der Waals surface area contributed by atoms with Crippen LogP contribution in [0, 0.1) is 0 Å². The number of thiazole rings is 1. The second-order valence-corrected chi connectivity index (χ2v) is 7.31. The Morgan fingerprint density at radius 2 is 1.93 bits per heavy atom. The second kappa shape index (κ2) is 8.18. The number of carbonyl (C=O) groups is 1. The molecule has 0 bridgehead atoms. The van der Waals surface area contributed by atoms with Crippen LogP contribution in [0.15, 0.2) is 35.7 Å². The Hall–Kier alpha value is -2.97. The lowest BCUT2D eigenvalue weighted by Gasteiger charge is -2.20. The summed E-state index contributed by atoms with van der Waals surface area (Å²) in [6, 6.07) is 8.68.